The molecule has 5 saturated carbocycles. The van der Waals surface area contributed by atoms with Gasteiger partial charge in [-0.1, -0.05) is 46.8 Å². The Morgan fingerprint density at radius 3 is 2.12 bits per heavy atom. The second-order valence-corrected chi connectivity index (χ2v) is 16.7. The molecule has 6 nitrogen and oxygen atoms in total. The first-order valence-electron chi connectivity index (χ1n) is 17.1. The lowest BCUT2D eigenvalue weighted by Gasteiger charge is -2.73. The van der Waals surface area contributed by atoms with E-state index in [0.29, 0.717) is 36.2 Å². The molecule has 0 aromatic carbocycles. The van der Waals surface area contributed by atoms with E-state index in [2.05, 4.69) is 48.1 Å². The van der Waals surface area contributed by atoms with Crippen molar-refractivity contribution in [2.24, 2.45) is 56.7 Å². The normalized spacial score (nSPS) is 44.6. The Labute approximate surface area is 260 Å². The summed E-state index contributed by atoms with van der Waals surface area (Å²) in [6, 6.07) is 0. The Bertz CT molecular complexity index is 1140. The highest BCUT2D eigenvalue weighted by Gasteiger charge is 2.71. The van der Waals surface area contributed by atoms with Gasteiger partial charge in [-0.15, -0.1) is 0 Å². The summed E-state index contributed by atoms with van der Waals surface area (Å²) < 4.78 is 16.6. The summed E-state index contributed by atoms with van der Waals surface area (Å²) in [4.78, 5) is 36.3. The second kappa shape index (κ2) is 11.2. The zero-order valence-electron chi connectivity index (χ0n) is 28.3. The van der Waals surface area contributed by atoms with Crippen LogP contribution in [0, 0.1) is 56.7 Å². The molecule has 5 rings (SSSR count). The van der Waals surface area contributed by atoms with Crippen LogP contribution in [0.2, 0.25) is 0 Å². The van der Waals surface area contributed by atoms with Crippen LogP contribution in [0.1, 0.15) is 126 Å². The maximum absolute atomic E-state index is 12.7. The summed E-state index contributed by atoms with van der Waals surface area (Å²) in [7, 11) is 1.35. The Hall–Kier alpha value is -1.85. The quantitative estimate of drug-likeness (QED) is 0.168. The minimum atomic E-state index is -0.374. The summed E-state index contributed by atoms with van der Waals surface area (Å²) in [5, 5.41) is 0. The van der Waals surface area contributed by atoms with Crippen LogP contribution >= 0.6 is 0 Å². The molecule has 0 spiro atoms. The molecule has 10 atom stereocenters. The molecule has 0 N–H and O–H groups in total. The first-order valence-corrected chi connectivity index (χ1v) is 17.1. The van der Waals surface area contributed by atoms with E-state index in [0.717, 1.165) is 32.1 Å². The van der Waals surface area contributed by atoms with Crippen molar-refractivity contribution in [3.8, 4) is 0 Å². The molecule has 7 unspecified atom stereocenters. The van der Waals surface area contributed by atoms with Gasteiger partial charge in [0.2, 0.25) is 0 Å². The third kappa shape index (κ3) is 5.00. The van der Waals surface area contributed by atoms with Gasteiger partial charge in [-0.05, 0) is 117 Å². The van der Waals surface area contributed by atoms with Crippen LogP contribution in [0.4, 0.5) is 0 Å². The van der Waals surface area contributed by atoms with E-state index in [4.69, 9.17) is 14.2 Å². The summed E-state index contributed by atoms with van der Waals surface area (Å²) in [5.74, 6) is 1.94. The smallest absolute Gasteiger partial charge is 0.306 e. The van der Waals surface area contributed by atoms with Crippen molar-refractivity contribution in [3.63, 3.8) is 0 Å². The van der Waals surface area contributed by atoms with E-state index >= 15 is 0 Å². The molecule has 0 amide bonds. The van der Waals surface area contributed by atoms with Crippen molar-refractivity contribution in [1.82, 2.24) is 0 Å². The predicted molar refractivity (Wildman–Crippen MR) is 167 cm³/mol. The topological polar surface area (TPSA) is 78.9 Å². The molecule has 6 heteroatoms. The standard InChI is InChI=1S/C37H58O6/c1-23(2)25-14-19-37(22-42-24(3)38)21-20-35(7)26(32(25)37)10-11-28-34(6)17-16-29(43-31(40)13-12-30(39)41-9)33(4,5)27(34)15-18-36(28,35)8/h25-29,32H,1,10-22H2,2-9H3/t25?,26?,27?,28?,29?,32?,34-,35+,36+,37?/m0/s1. The van der Waals surface area contributed by atoms with Crippen molar-refractivity contribution < 1.29 is 28.6 Å². The molecule has 0 aromatic rings. The molecule has 5 aliphatic rings. The van der Waals surface area contributed by atoms with Crippen molar-refractivity contribution in [3.05, 3.63) is 12.2 Å². The van der Waals surface area contributed by atoms with Crippen molar-refractivity contribution in [2.75, 3.05) is 13.7 Å². The van der Waals surface area contributed by atoms with Crippen LogP contribution < -0.4 is 0 Å². The summed E-state index contributed by atoms with van der Waals surface area (Å²) in [5.41, 5.74) is 1.92. The highest BCUT2D eigenvalue weighted by molar-refractivity contribution is 5.77. The Balaban J connectivity index is 1.40. The van der Waals surface area contributed by atoms with Crippen LogP contribution in [0.5, 0.6) is 0 Å². The van der Waals surface area contributed by atoms with Gasteiger partial charge in [-0.25, -0.2) is 0 Å². The van der Waals surface area contributed by atoms with Gasteiger partial charge in [0, 0.05) is 17.8 Å². The van der Waals surface area contributed by atoms with Gasteiger partial charge in [-0.2, -0.15) is 0 Å². The minimum Gasteiger partial charge on any atom is -0.469 e. The molecule has 0 saturated heterocycles. The molecule has 0 bridgehead atoms. The van der Waals surface area contributed by atoms with Crippen LogP contribution in [0.3, 0.4) is 0 Å². The van der Waals surface area contributed by atoms with E-state index in [-0.39, 0.29) is 63.9 Å². The lowest BCUT2D eigenvalue weighted by molar-refractivity contribution is -0.252. The van der Waals surface area contributed by atoms with Gasteiger partial charge < -0.3 is 14.2 Å². The van der Waals surface area contributed by atoms with Crippen molar-refractivity contribution in [2.45, 2.75) is 132 Å². The largest absolute Gasteiger partial charge is 0.469 e. The number of carbonyl (C=O) groups excluding carboxylic acids is 3. The zero-order valence-corrected chi connectivity index (χ0v) is 28.3. The fourth-order valence-corrected chi connectivity index (χ4v) is 12.5. The number of hydrogen-bond donors (Lipinski definition) is 0. The SMILES string of the molecule is C=C(C)C1CCC2(COC(C)=O)CC[C@]3(C)C(CCC4[C@@]5(C)CCC(OC(=O)CCC(=O)OC)C(C)(C)C5CC[C@]43C)C12. The molecule has 0 aromatic heterocycles. The van der Waals surface area contributed by atoms with E-state index in [9.17, 15) is 14.4 Å². The van der Waals surface area contributed by atoms with Crippen LogP contribution in [-0.4, -0.2) is 37.7 Å². The maximum Gasteiger partial charge on any atom is 0.306 e. The van der Waals surface area contributed by atoms with Crippen molar-refractivity contribution in [1.29, 1.82) is 0 Å². The van der Waals surface area contributed by atoms with Crippen LogP contribution in [0.15, 0.2) is 12.2 Å². The monoisotopic (exact) mass is 598 g/mol. The Morgan fingerprint density at radius 2 is 1.47 bits per heavy atom. The lowest BCUT2D eigenvalue weighted by atomic mass is 9.32. The molecular formula is C37H58O6. The van der Waals surface area contributed by atoms with Crippen molar-refractivity contribution >= 4 is 17.9 Å². The van der Waals surface area contributed by atoms with Gasteiger partial charge in [0.05, 0.1) is 26.6 Å². The summed E-state index contributed by atoms with van der Waals surface area (Å²) in [6.45, 7) is 21.3. The number of esters is 3. The number of rotatable bonds is 7. The van der Waals surface area contributed by atoms with Crippen LogP contribution in [0.25, 0.3) is 0 Å². The molecule has 43 heavy (non-hydrogen) atoms. The second-order valence-electron chi connectivity index (χ2n) is 16.7. The molecule has 242 valence electrons. The molecule has 0 aliphatic heterocycles. The molecule has 0 heterocycles. The molecule has 0 radical (unpaired) electrons. The summed E-state index contributed by atoms with van der Waals surface area (Å²) >= 11 is 0. The van der Waals surface area contributed by atoms with Gasteiger partial charge in [-0.3, -0.25) is 14.4 Å². The predicted octanol–water partition coefficient (Wildman–Crippen LogP) is 8.07. The number of methoxy groups -OCH3 is 1. The third-order valence-corrected chi connectivity index (χ3v) is 14.8. The highest BCUT2D eigenvalue weighted by Crippen LogP contribution is 2.77. The number of ether oxygens (including phenoxy) is 3. The Kier molecular flexibility index (Phi) is 8.47. The van der Waals surface area contributed by atoms with E-state index in [1.54, 1.807) is 6.92 Å². The van der Waals surface area contributed by atoms with Gasteiger partial charge >= 0.3 is 17.9 Å². The average molecular weight is 599 g/mol. The van der Waals surface area contributed by atoms with Gasteiger partial charge in [0.1, 0.15) is 6.10 Å². The molecule has 5 aliphatic carbocycles. The fraction of sp³-hybridized carbons (Fsp3) is 0.865. The fourth-order valence-electron chi connectivity index (χ4n) is 12.5. The minimum absolute atomic E-state index is 0.0686. The average Bonchev–Trinajstić information content (AvgIpc) is 3.33. The number of hydrogen-bond acceptors (Lipinski definition) is 6. The zero-order chi connectivity index (χ0) is 31.6. The number of allylic oxidation sites excluding steroid dienone is 1. The van der Waals surface area contributed by atoms with E-state index < -0.39 is 0 Å². The number of carbonyl (C=O) groups is 3. The van der Waals surface area contributed by atoms with Gasteiger partial charge in [0.25, 0.3) is 0 Å². The number of fused-ring (bicyclic) bond motifs is 7. The first kappa shape index (κ1) is 32.5. The van der Waals surface area contributed by atoms with Gasteiger partial charge in [0.15, 0.2) is 0 Å². The van der Waals surface area contributed by atoms with E-state index in [1.807, 2.05) is 0 Å². The first-order chi connectivity index (χ1) is 20.1. The Morgan fingerprint density at radius 1 is 0.767 bits per heavy atom. The molecular weight excluding hydrogens is 540 g/mol. The summed E-state index contributed by atoms with van der Waals surface area (Å²) in [6.07, 6.45) is 11.5. The molecule has 5 fully saturated rings. The van der Waals surface area contributed by atoms with E-state index in [1.165, 1.54) is 44.8 Å². The van der Waals surface area contributed by atoms with Crippen LogP contribution in [-0.2, 0) is 28.6 Å². The lowest BCUT2D eigenvalue weighted by Crippen LogP contribution is -2.67. The third-order valence-electron chi connectivity index (χ3n) is 14.8. The highest BCUT2D eigenvalue weighted by atomic mass is 16.5. The maximum atomic E-state index is 12.7.